The minimum Gasteiger partial charge on any atom is -0.465 e. The zero-order valence-corrected chi connectivity index (χ0v) is 16.1. The predicted octanol–water partition coefficient (Wildman–Crippen LogP) is 2.47. The summed E-state index contributed by atoms with van der Waals surface area (Å²) in [4.78, 5) is 41.1. The number of aryl methyl sites for hydroxylation is 1. The lowest BCUT2D eigenvalue weighted by Gasteiger charge is -2.30. The quantitative estimate of drug-likeness (QED) is 0.762. The van der Waals surface area contributed by atoms with Gasteiger partial charge >= 0.3 is 11.9 Å². The number of nitrogens with zero attached hydrogens (tertiary/aromatic N) is 1. The Morgan fingerprint density at radius 3 is 2.08 bits per heavy atom. The van der Waals surface area contributed by atoms with E-state index in [9.17, 15) is 14.4 Å². The van der Waals surface area contributed by atoms with Gasteiger partial charge in [-0.2, -0.15) is 0 Å². The number of methoxy groups -OCH3 is 1. The van der Waals surface area contributed by atoms with Crippen molar-refractivity contribution in [1.29, 1.82) is 0 Å². The van der Waals surface area contributed by atoms with Crippen LogP contribution in [0.1, 0.15) is 66.7 Å². The standard InChI is InChI=1S/C18H28N2O5/c1-8-13-15(17(22)24-7)12(6)16(19-13)18(23)25-9-14(21)20(10(2)3)11(4)5/h10-11,19H,8-9H2,1-7H3. The van der Waals surface area contributed by atoms with Crippen LogP contribution in [0.2, 0.25) is 0 Å². The molecule has 0 bridgehead atoms. The first-order chi connectivity index (χ1) is 11.6. The minimum absolute atomic E-state index is 0.0102. The van der Waals surface area contributed by atoms with Crippen LogP contribution in [0.15, 0.2) is 0 Å². The van der Waals surface area contributed by atoms with Gasteiger partial charge in [-0.15, -0.1) is 0 Å². The first kappa shape index (κ1) is 20.7. The maximum atomic E-state index is 12.3. The molecule has 25 heavy (non-hydrogen) atoms. The summed E-state index contributed by atoms with van der Waals surface area (Å²) < 4.78 is 9.93. The fourth-order valence-corrected chi connectivity index (χ4v) is 2.95. The van der Waals surface area contributed by atoms with E-state index in [-0.39, 0.29) is 30.3 Å². The summed E-state index contributed by atoms with van der Waals surface area (Å²) in [6.45, 7) is 10.8. The van der Waals surface area contributed by atoms with Gasteiger partial charge in [0, 0.05) is 17.8 Å². The molecular formula is C18H28N2O5. The van der Waals surface area contributed by atoms with E-state index in [1.807, 2.05) is 34.6 Å². The van der Waals surface area contributed by atoms with Crippen LogP contribution in [0.3, 0.4) is 0 Å². The SMILES string of the molecule is CCc1[nH]c(C(=O)OCC(=O)N(C(C)C)C(C)C)c(C)c1C(=O)OC. The molecule has 7 heteroatoms. The fraction of sp³-hybridized carbons (Fsp3) is 0.611. The van der Waals surface area contributed by atoms with Crippen molar-refractivity contribution in [2.45, 2.75) is 60.0 Å². The van der Waals surface area contributed by atoms with Gasteiger partial charge in [-0.1, -0.05) is 6.92 Å². The smallest absolute Gasteiger partial charge is 0.355 e. The molecule has 1 aromatic heterocycles. The zero-order chi connectivity index (χ0) is 19.3. The highest BCUT2D eigenvalue weighted by molar-refractivity contribution is 5.99. The summed E-state index contributed by atoms with van der Waals surface area (Å²) in [6.07, 6.45) is 0.534. The molecule has 0 saturated heterocycles. The summed E-state index contributed by atoms with van der Waals surface area (Å²) in [5, 5.41) is 0. The normalized spacial score (nSPS) is 10.9. The van der Waals surface area contributed by atoms with Gasteiger partial charge in [0.2, 0.25) is 0 Å². The van der Waals surface area contributed by atoms with Gasteiger partial charge in [0.25, 0.3) is 5.91 Å². The number of esters is 2. The summed E-state index contributed by atoms with van der Waals surface area (Å²) in [6, 6.07) is 0.0205. The molecule has 1 amide bonds. The van der Waals surface area contributed by atoms with Gasteiger partial charge in [0.05, 0.1) is 12.7 Å². The third kappa shape index (κ3) is 4.61. The van der Waals surface area contributed by atoms with Crippen LogP contribution in [0.25, 0.3) is 0 Å². The summed E-state index contributed by atoms with van der Waals surface area (Å²) in [5.41, 5.74) is 1.58. The lowest BCUT2D eigenvalue weighted by atomic mass is 10.1. The number of carbonyl (C=O) groups excluding carboxylic acids is 3. The van der Waals surface area contributed by atoms with Gasteiger partial charge in [0.1, 0.15) is 5.69 Å². The van der Waals surface area contributed by atoms with Crippen molar-refractivity contribution in [3.05, 3.63) is 22.5 Å². The maximum absolute atomic E-state index is 12.3. The number of aromatic amines is 1. The molecule has 1 aromatic rings. The molecule has 0 aliphatic carbocycles. The van der Waals surface area contributed by atoms with Crippen molar-refractivity contribution in [1.82, 2.24) is 9.88 Å². The number of carbonyl (C=O) groups is 3. The average Bonchev–Trinajstić information content (AvgIpc) is 2.87. The summed E-state index contributed by atoms with van der Waals surface area (Å²) in [7, 11) is 1.29. The van der Waals surface area contributed by atoms with Crippen molar-refractivity contribution in [2.24, 2.45) is 0 Å². The maximum Gasteiger partial charge on any atom is 0.355 e. The Bertz CT molecular complexity index is 638. The lowest BCUT2D eigenvalue weighted by molar-refractivity contribution is -0.138. The Kier molecular flexibility index (Phi) is 7.21. The van der Waals surface area contributed by atoms with E-state index in [0.29, 0.717) is 23.2 Å². The van der Waals surface area contributed by atoms with Crippen LogP contribution < -0.4 is 0 Å². The summed E-state index contributed by atoms with van der Waals surface area (Å²) >= 11 is 0. The molecule has 0 spiro atoms. The van der Waals surface area contributed by atoms with E-state index < -0.39 is 11.9 Å². The minimum atomic E-state index is -0.664. The van der Waals surface area contributed by atoms with Crippen molar-refractivity contribution in [2.75, 3.05) is 13.7 Å². The molecule has 1 rings (SSSR count). The van der Waals surface area contributed by atoms with Crippen molar-refractivity contribution < 1.29 is 23.9 Å². The van der Waals surface area contributed by atoms with Gasteiger partial charge in [0.15, 0.2) is 6.61 Å². The first-order valence-corrected chi connectivity index (χ1v) is 8.43. The second-order valence-corrected chi connectivity index (χ2v) is 6.39. The molecule has 0 radical (unpaired) electrons. The number of nitrogens with one attached hydrogen (secondary N) is 1. The number of amides is 1. The van der Waals surface area contributed by atoms with Crippen molar-refractivity contribution >= 4 is 17.8 Å². The van der Waals surface area contributed by atoms with Crippen molar-refractivity contribution in [3.8, 4) is 0 Å². The second-order valence-electron chi connectivity index (χ2n) is 6.39. The zero-order valence-electron chi connectivity index (χ0n) is 16.1. The van der Waals surface area contributed by atoms with Crippen LogP contribution in [-0.2, 0) is 20.7 Å². The van der Waals surface area contributed by atoms with Gasteiger partial charge in [-0.05, 0) is 46.6 Å². The highest BCUT2D eigenvalue weighted by Crippen LogP contribution is 2.21. The molecule has 140 valence electrons. The first-order valence-electron chi connectivity index (χ1n) is 8.43. The van der Waals surface area contributed by atoms with Gasteiger partial charge in [-0.25, -0.2) is 9.59 Å². The topological polar surface area (TPSA) is 88.7 Å². The molecule has 0 saturated carbocycles. The number of rotatable bonds is 7. The van der Waals surface area contributed by atoms with Crippen LogP contribution >= 0.6 is 0 Å². The highest BCUT2D eigenvalue weighted by atomic mass is 16.5. The van der Waals surface area contributed by atoms with Gasteiger partial charge < -0.3 is 19.4 Å². The highest BCUT2D eigenvalue weighted by Gasteiger charge is 2.26. The lowest BCUT2D eigenvalue weighted by Crippen LogP contribution is -2.44. The Morgan fingerprint density at radius 2 is 1.64 bits per heavy atom. The molecule has 1 heterocycles. The number of hydrogen-bond acceptors (Lipinski definition) is 5. The number of aromatic nitrogens is 1. The molecule has 0 aliphatic rings. The van der Waals surface area contributed by atoms with Crippen LogP contribution in [0.5, 0.6) is 0 Å². The van der Waals surface area contributed by atoms with Gasteiger partial charge in [-0.3, -0.25) is 4.79 Å². The number of hydrogen-bond donors (Lipinski definition) is 1. The van der Waals surface area contributed by atoms with E-state index in [1.165, 1.54) is 7.11 Å². The molecule has 1 N–H and O–H groups in total. The third-order valence-corrected chi connectivity index (χ3v) is 4.00. The largest absolute Gasteiger partial charge is 0.465 e. The molecular weight excluding hydrogens is 324 g/mol. The Balaban J connectivity index is 2.93. The van der Waals surface area contributed by atoms with E-state index >= 15 is 0 Å². The van der Waals surface area contributed by atoms with E-state index in [2.05, 4.69) is 4.98 Å². The van der Waals surface area contributed by atoms with Crippen LogP contribution in [-0.4, -0.2) is 53.5 Å². The monoisotopic (exact) mass is 352 g/mol. The van der Waals surface area contributed by atoms with E-state index in [1.54, 1.807) is 11.8 Å². The van der Waals surface area contributed by atoms with E-state index in [4.69, 9.17) is 9.47 Å². The third-order valence-electron chi connectivity index (χ3n) is 4.00. The second kappa shape index (κ2) is 8.69. The molecule has 0 aromatic carbocycles. The molecule has 0 atom stereocenters. The average molecular weight is 352 g/mol. The van der Waals surface area contributed by atoms with E-state index in [0.717, 1.165) is 0 Å². The predicted molar refractivity (Wildman–Crippen MR) is 93.6 cm³/mol. The van der Waals surface area contributed by atoms with Crippen molar-refractivity contribution in [3.63, 3.8) is 0 Å². The number of ether oxygens (including phenoxy) is 2. The Morgan fingerprint density at radius 1 is 1.08 bits per heavy atom. The molecule has 0 fully saturated rings. The van der Waals surface area contributed by atoms with Crippen LogP contribution in [0.4, 0.5) is 0 Å². The molecule has 0 aliphatic heterocycles. The Labute approximate surface area is 148 Å². The number of H-pyrrole nitrogens is 1. The fourth-order valence-electron chi connectivity index (χ4n) is 2.95. The molecule has 7 nitrogen and oxygen atoms in total. The molecule has 0 unspecified atom stereocenters. The van der Waals surface area contributed by atoms with Crippen LogP contribution in [0, 0.1) is 6.92 Å². The summed E-state index contributed by atoms with van der Waals surface area (Å²) in [5.74, 6) is -1.43. The Hall–Kier alpha value is -2.31.